The zero-order valence-corrected chi connectivity index (χ0v) is 24.9. The summed E-state index contributed by atoms with van der Waals surface area (Å²) in [5.41, 5.74) is 2.88. The summed E-state index contributed by atoms with van der Waals surface area (Å²) >= 11 is 0. The fourth-order valence-corrected chi connectivity index (χ4v) is 4.73. The first-order valence-corrected chi connectivity index (χ1v) is 14.2. The van der Waals surface area contributed by atoms with E-state index in [2.05, 4.69) is 24.5 Å². The number of phenols is 1. The lowest BCUT2D eigenvalue weighted by molar-refractivity contribution is -0.143. The summed E-state index contributed by atoms with van der Waals surface area (Å²) in [4.78, 5) is 42.8. The van der Waals surface area contributed by atoms with Crippen molar-refractivity contribution in [3.8, 4) is 5.75 Å². The zero-order chi connectivity index (χ0) is 29.6. The Hall–Kier alpha value is -3.55. The summed E-state index contributed by atoms with van der Waals surface area (Å²) in [6, 6.07) is 10.4. The second-order valence-electron chi connectivity index (χ2n) is 12.0. The van der Waals surface area contributed by atoms with Crippen LogP contribution in [0.1, 0.15) is 82.2 Å². The molecule has 8 nitrogen and oxygen atoms in total. The van der Waals surface area contributed by atoms with Gasteiger partial charge in [0.2, 0.25) is 11.8 Å². The number of ether oxygens (including phenoxy) is 1. The summed E-state index contributed by atoms with van der Waals surface area (Å²) in [6.07, 6.45) is 2.01. The van der Waals surface area contributed by atoms with E-state index in [1.165, 1.54) is 0 Å². The van der Waals surface area contributed by atoms with E-state index in [0.29, 0.717) is 6.54 Å². The predicted octanol–water partition coefficient (Wildman–Crippen LogP) is 5.34. The highest BCUT2D eigenvalue weighted by atomic mass is 16.6. The van der Waals surface area contributed by atoms with E-state index in [9.17, 15) is 19.5 Å². The number of hydrogen-bond donors (Lipinski definition) is 3. The van der Waals surface area contributed by atoms with E-state index in [4.69, 9.17) is 4.74 Å². The van der Waals surface area contributed by atoms with Crippen molar-refractivity contribution in [1.29, 1.82) is 0 Å². The number of carbonyl (C=O) groups is 3. The van der Waals surface area contributed by atoms with Gasteiger partial charge in [-0.1, -0.05) is 50.6 Å². The van der Waals surface area contributed by atoms with Gasteiger partial charge in [0, 0.05) is 19.0 Å². The van der Waals surface area contributed by atoms with E-state index in [0.717, 1.165) is 41.5 Å². The topological polar surface area (TPSA) is 108 Å². The molecule has 4 unspecified atom stereocenters. The molecule has 0 aliphatic heterocycles. The summed E-state index contributed by atoms with van der Waals surface area (Å²) in [6.45, 7) is 13.9. The number of unbranched alkanes of at least 4 members (excludes halogenated alkanes) is 1. The number of amides is 3. The van der Waals surface area contributed by atoms with Crippen LogP contribution < -0.4 is 10.6 Å². The van der Waals surface area contributed by atoms with Gasteiger partial charge in [-0.05, 0) is 87.8 Å². The molecular weight excluding hydrogens is 506 g/mol. The van der Waals surface area contributed by atoms with Crippen molar-refractivity contribution in [2.75, 3.05) is 6.54 Å². The van der Waals surface area contributed by atoms with Gasteiger partial charge < -0.3 is 25.4 Å². The average Bonchev–Trinajstić information content (AvgIpc) is 3.59. The molecule has 2 aromatic carbocycles. The molecule has 2 aromatic rings. The molecule has 0 bridgehead atoms. The predicted molar refractivity (Wildman–Crippen MR) is 156 cm³/mol. The van der Waals surface area contributed by atoms with Crippen LogP contribution in [-0.4, -0.2) is 52.1 Å². The second-order valence-corrected chi connectivity index (χ2v) is 12.0. The van der Waals surface area contributed by atoms with Crippen LogP contribution in [0.5, 0.6) is 5.75 Å². The Bertz CT molecular complexity index is 1190. The highest BCUT2D eigenvalue weighted by molar-refractivity contribution is 5.93. The molecule has 1 saturated carbocycles. The first kappa shape index (κ1) is 31.0. The van der Waals surface area contributed by atoms with E-state index < -0.39 is 23.8 Å². The number of phenolic OH excluding ortho intramolecular Hbond substituents is 1. The molecule has 0 radical (unpaired) electrons. The summed E-state index contributed by atoms with van der Waals surface area (Å²) in [7, 11) is 0. The quantitative estimate of drug-likeness (QED) is 0.327. The number of aromatic hydroxyl groups is 1. The number of hydrogen-bond acceptors (Lipinski definition) is 5. The molecule has 4 atom stereocenters. The third-order valence-corrected chi connectivity index (χ3v) is 7.25. The standard InChI is InChI=1S/C32H45N3O5/c1-8-9-16-33-29(37)28(24-13-10-20(2)21(3)17-24)35(27-18-22(27)4)30(38)26(34-31(39)40-32(5,6)7)19-23-11-14-25(36)15-12-23/h10-15,17,22,26-28,36H,8-9,16,18-19H2,1-7H3,(H,33,37)(H,34,39). The van der Waals surface area contributed by atoms with Crippen molar-refractivity contribution in [3.63, 3.8) is 0 Å². The molecule has 3 amide bonds. The van der Waals surface area contributed by atoms with Gasteiger partial charge in [-0.2, -0.15) is 0 Å². The number of rotatable bonds is 11. The summed E-state index contributed by atoms with van der Waals surface area (Å²) in [5.74, 6) is -0.247. The highest BCUT2D eigenvalue weighted by Crippen LogP contribution is 2.41. The van der Waals surface area contributed by atoms with Crippen LogP contribution in [0.25, 0.3) is 0 Å². The third kappa shape index (κ3) is 8.47. The van der Waals surface area contributed by atoms with Crippen molar-refractivity contribution in [3.05, 3.63) is 64.7 Å². The lowest BCUT2D eigenvalue weighted by Gasteiger charge is -2.35. The number of alkyl carbamates (subject to hydrolysis) is 1. The third-order valence-electron chi connectivity index (χ3n) is 7.25. The smallest absolute Gasteiger partial charge is 0.408 e. The van der Waals surface area contributed by atoms with Crippen LogP contribution in [0.2, 0.25) is 0 Å². The maximum atomic E-state index is 14.5. The van der Waals surface area contributed by atoms with Gasteiger partial charge in [0.1, 0.15) is 23.4 Å². The van der Waals surface area contributed by atoms with Crippen LogP contribution in [0.3, 0.4) is 0 Å². The molecule has 0 heterocycles. The molecule has 0 spiro atoms. The Labute approximate surface area is 238 Å². The maximum Gasteiger partial charge on any atom is 0.408 e. The minimum absolute atomic E-state index is 0.110. The molecule has 1 fully saturated rings. The van der Waals surface area contributed by atoms with E-state index in [1.54, 1.807) is 49.9 Å². The van der Waals surface area contributed by atoms with Gasteiger partial charge in [0.05, 0.1) is 0 Å². The van der Waals surface area contributed by atoms with Crippen molar-refractivity contribution in [2.24, 2.45) is 5.92 Å². The van der Waals surface area contributed by atoms with Crippen LogP contribution in [-0.2, 0) is 20.7 Å². The first-order chi connectivity index (χ1) is 18.8. The Morgan fingerprint density at radius 1 is 1.07 bits per heavy atom. The molecule has 40 heavy (non-hydrogen) atoms. The average molecular weight is 552 g/mol. The van der Waals surface area contributed by atoms with Crippen molar-refractivity contribution in [2.45, 2.75) is 97.9 Å². The van der Waals surface area contributed by atoms with Gasteiger partial charge in [0.25, 0.3) is 0 Å². The Morgan fingerprint density at radius 3 is 2.27 bits per heavy atom. The van der Waals surface area contributed by atoms with E-state index in [-0.39, 0.29) is 35.9 Å². The van der Waals surface area contributed by atoms with E-state index >= 15 is 0 Å². The minimum Gasteiger partial charge on any atom is -0.508 e. The van der Waals surface area contributed by atoms with Gasteiger partial charge in [-0.3, -0.25) is 9.59 Å². The monoisotopic (exact) mass is 551 g/mol. The number of benzene rings is 2. The van der Waals surface area contributed by atoms with Gasteiger partial charge in [-0.25, -0.2) is 4.79 Å². The Balaban J connectivity index is 2.04. The zero-order valence-electron chi connectivity index (χ0n) is 24.9. The molecule has 3 rings (SSSR count). The van der Waals surface area contributed by atoms with Gasteiger partial charge in [0.15, 0.2) is 0 Å². The molecule has 8 heteroatoms. The fourth-order valence-electron chi connectivity index (χ4n) is 4.73. The summed E-state index contributed by atoms with van der Waals surface area (Å²) in [5, 5.41) is 15.6. The molecular formula is C32H45N3O5. The molecule has 0 saturated heterocycles. The maximum absolute atomic E-state index is 14.5. The molecule has 218 valence electrons. The number of nitrogens with zero attached hydrogens (tertiary/aromatic N) is 1. The SMILES string of the molecule is CCCCNC(=O)C(c1ccc(C)c(C)c1)N(C(=O)C(Cc1ccc(O)cc1)NC(=O)OC(C)(C)C)C1CC1C. The van der Waals surface area contributed by atoms with Crippen molar-refractivity contribution < 1.29 is 24.2 Å². The first-order valence-electron chi connectivity index (χ1n) is 14.2. The molecule has 3 N–H and O–H groups in total. The largest absolute Gasteiger partial charge is 0.508 e. The summed E-state index contributed by atoms with van der Waals surface area (Å²) < 4.78 is 5.50. The van der Waals surface area contributed by atoms with Crippen molar-refractivity contribution in [1.82, 2.24) is 15.5 Å². The molecule has 0 aromatic heterocycles. The normalized spacial score (nSPS) is 17.9. The van der Waals surface area contributed by atoms with Crippen molar-refractivity contribution >= 4 is 17.9 Å². The number of aryl methyl sites for hydroxylation is 2. The Morgan fingerprint density at radius 2 is 1.73 bits per heavy atom. The van der Waals surface area contributed by atoms with Crippen LogP contribution >= 0.6 is 0 Å². The minimum atomic E-state index is -0.982. The second kappa shape index (κ2) is 13.2. The fraction of sp³-hybridized carbons (Fsp3) is 0.531. The molecule has 1 aliphatic carbocycles. The van der Waals surface area contributed by atoms with Crippen LogP contribution in [0, 0.1) is 19.8 Å². The lowest BCUT2D eigenvalue weighted by Crippen LogP contribution is -2.54. The van der Waals surface area contributed by atoms with Gasteiger partial charge >= 0.3 is 6.09 Å². The van der Waals surface area contributed by atoms with Crippen LogP contribution in [0.15, 0.2) is 42.5 Å². The molecule has 1 aliphatic rings. The van der Waals surface area contributed by atoms with E-state index in [1.807, 2.05) is 32.0 Å². The highest BCUT2D eigenvalue weighted by Gasteiger charge is 2.48. The van der Waals surface area contributed by atoms with Crippen LogP contribution in [0.4, 0.5) is 4.79 Å². The van der Waals surface area contributed by atoms with Gasteiger partial charge in [-0.15, -0.1) is 0 Å². The number of carbonyl (C=O) groups excluding carboxylic acids is 3. The number of nitrogens with one attached hydrogen (secondary N) is 2. The Kier molecular flexibility index (Phi) is 10.2. The lowest BCUT2D eigenvalue weighted by atomic mass is 9.97.